The molecule has 2 heterocycles. The van der Waals surface area contributed by atoms with Crippen molar-refractivity contribution < 1.29 is 13.2 Å². The van der Waals surface area contributed by atoms with Crippen LogP contribution in [0.15, 0.2) is 53.4 Å². The molecular formula is C23H29N3O3S. The molecule has 2 fully saturated rings. The van der Waals surface area contributed by atoms with Gasteiger partial charge in [0.1, 0.15) is 0 Å². The summed E-state index contributed by atoms with van der Waals surface area (Å²) in [5.74, 6) is -0.468. The Kier molecular flexibility index (Phi) is 6.11. The average molecular weight is 428 g/mol. The number of amides is 1. The van der Waals surface area contributed by atoms with Crippen LogP contribution in [0.3, 0.4) is 0 Å². The van der Waals surface area contributed by atoms with Crippen LogP contribution in [0.1, 0.15) is 31.2 Å². The number of carbonyl (C=O) groups is 1. The Labute approximate surface area is 178 Å². The van der Waals surface area contributed by atoms with E-state index in [0.29, 0.717) is 19.4 Å². The van der Waals surface area contributed by atoms with Gasteiger partial charge in [0.25, 0.3) is 0 Å². The number of nitrogens with one attached hydrogen (secondary N) is 1. The fraction of sp³-hybridized carbons (Fsp3) is 0.435. The average Bonchev–Trinajstić information content (AvgIpc) is 3.30. The molecule has 30 heavy (non-hydrogen) atoms. The van der Waals surface area contributed by atoms with Crippen LogP contribution < -0.4 is 10.2 Å². The molecule has 6 nitrogen and oxygen atoms in total. The van der Waals surface area contributed by atoms with Crippen LogP contribution in [0.4, 0.5) is 11.4 Å². The van der Waals surface area contributed by atoms with Crippen LogP contribution in [-0.2, 0) is 14.8 Å². The lowest BCUT2D eigenvalue weighted by molar-refractivity contribution is -0.120. The van der Waals surface area contributed by atoms with Gasteiger partial charge in [-0.1, -0.05) is 17.7 Å². The van der Waals surface area contributed by atoms with Crippen molar-refractivity contribution in [1.82, 2.24) is 4.31 Å². The van der Waals surface area contributed by atoms with Crippen molar-refractivity contribution in [2.75, 3.05) is 36.4 Å². The standard InChI is InChI=1S/C23H29N3O3S/c1-18-6-12-22(13-7-18)30(28,29)26-16-4-5-19(17-26)23(27)24-20-8-10-21(11-9-20)25-14-2-3-15-25/h6-13,19H,2-5,14-17H2,1H3,(H,24,27). The first kappa shape index (κ1) is 20.9. The Bertz CT molecular complexity index is 981. The number of hydrogen-bond donors (Lipinski definition) is 1. The van der Waals surface area contributed by atoms with E-state index in [0.717, 1.165) is 24.3 Å². The van der Waals surface area contributed by atoms with Crippen LogP contribution in [-0.4, -0.2) is 44.8 Å². The van der Waals surface area contributed by atoms with E-state index in [1.165, 1.54) is 22.8 Å². The smallest absolute Gasteiger partial charge is 0.243 e. The highest BCUT2D eigenvalue weighted by atomic mass is 32.2. The third-order valence-corrected chi connectivity index (χ3v) is 7.90. The van der Waals surface area contributed by atoms with E-state index in [9.17, 15) is 13.2 Å². The monoisotopic (exact) mass is 427 g/mol. The van der Waals surface area contributed by atoms with Gasteiger partial charge in [-0.3, -0.25) is 4.79 Å². The molecule has 0 aromatic heterocycles. The van der Waals surface area contributed by atoms with Crippen LogP contribution in [0, 0.1) is 12.8 Å². The van der Waals surface area contributed by atoms with Gasteiger partial charge in [0.2, 0.25) is 15.9 Å². The summed E-state index contributed by atoms with van der Waals surface area (Å²) in [6, 6.07) is 14.8. The normalized spacial score (nSPS) is 20.3. The number of benzene rings is 2. The Morgan fingerprint density at radius 3 is 2.27 bits per heavy atom. The second-order valence-corrected chi connectivity index (χ2v) is 10.2. The summed E-state index contributed by atoms with van der Waals surface area (Å²) >= 11 is 0. The first-order valence-electron chi connectivity index (χ1n) is 10.7. The predicted octanol–water partition coefficient (Wildman–Crippen LogP) is 3.63. The first-order valence-corrected chi connectivity index (χ1v) is 12.1. The van der Waals surface area contributed by atoms with Gasteiger partial charge in [-0.2, -0.15) is 4.31 Å². The van der Waals surface area contributed by atoms with Crippen molar-refractivity contribution in [3.8, 4) is 0 Å². The van der Waals surface area contributed by atoms with E-state index in [1.54, 1.807) is 24.3 Å². The molecule has 1 unspecified atom stereocenters. The highest BCUT2D eigenvalue weighted by molar-refractivity contribution is 7.89. The topological polar surface area (TPSA) is 69.7 Å². The summed E-state index contributed by atoms with van der Waals surface area (Å²) in [6.45, 7) is 4.76. The fourth-order valence-electron chi connectivity index (χ4n) is 4.21. The zero-order chi connectivity index (χ0) is 21.1. The van der Waals surface area contributed by atoms with E-state index >= 15 is 0 Å². The van der Waals surface area contributed by atoms with Gasteiger partial charge in [0, 0.05) is 37.6 Å². The van der Waals surface area contributed by atoms with Crippen molar-refractivity contribution in [2.45, 2.75) is 37.5 Å². The van der Waals surface area contributed by atoms with Crippen LogP contribution in [0.5, 0.6) is 0 Å². The van der Waals surface area contributed by atoms with Crippen molar-refractivity contribution in [2.24, 2.45) is 5.92 Å². The molecule has 1 amide bonds. The summed E-state index contributed by atoms with van der Waals surface area (Å²) in [7, 11) is -3.59. The number of piperidine rings is 1. The van der Waals surface area contributed by atoms with Gasteiger partial charge in [-0.15, -0.1) is 0 Å². The second-order valence-electron chi connectivity index (χ2n) is 8.25. The van der Waals surface area contributed by atoms with E-state index in [2.05, 4.69) is 10.2 Å². The summed E-state index contributed by atoms with van der Waals surface area (Å²) in [5.41, 5.74) is 2.94. The second kappa shape index (κ2) is 8.78. The van der Waals surface area contributed by atoms with Gasteiger partial charge >= 0.3 is 0 Å². The molecule has 1 N–H and O–H groups in total. The lowest BCUT2D eigenvalue weighted by atomic mass is 9.98. The number of sulfonamides is 1. The number of hydrogen-bond acceptors (Lipinski definition) is 4. The third kappa shape index (κ3) is 4.52. The van der Waals surface area contributed by atoms with E-state index in [-0.39, 0.29) is 23.3 Å². The molecule has 0 bridgehead atoms. The van der Waals surface area contributed by atoms with E-state index < -0.39 is 10.0 Å². The molecule has 2 aliphatic rings. The lowest BCUT2D eigenvalue weighted by Gasteiger charge is -2.31. The number of carbonyl (C=O) groups excluding carboxylic acids is 1. The van der Waals surface area contributed by atoms with Crippen molar-refractivity contribution in [1.29, 1.82) is 0 Å². The molecule has 0 spiro atoms. The Balaban J connectivity index is 1.40. The molecule has 0 aliphatic carbocycles. The van der Waals surface area contributed by atoms with Gasteiger partial charge in [0.05, 0.1) is 10.8 Å². The minimum Gasteiger partial charge on any atom is -0.372 e. The third-order valence-electron chi connectivity index (χ3n) is 6.02. The molecule has 4 rings (SSSR count). The zero-order valence-corrected chi connectivity index (χ0v) is 18.2. The van der Waals surface area contributed by atoms with Gasteiger partial charge in [0.15, 0.2) is 0 Å². The number of aryl methyl sites for hydroxylation is 1. The molecule has 0 saturated carbocycles. The minimum atomic E-state index is -3.59. The molecule has 7 heteroatoms. The Hall–Kier alpha value is -2.38. The lowest BCUT2D eigenvalue weighted by Crippen LogP contribution is -2.43. The Morgan fingerprint density at radius 2 is 1.60 bits per heavy atom. The predicted molar refractivity (Wildman–Crippen MR) is 119 cm³/mol. The van der Waals surface area contributed by atoms with Gasteiger partial charge < -0.3 is 10.2 Å². The largest absolute Gasteiger partial charge is 0.372 e. The van der Waals surface area contributed by atoms with Gasteiger partial charge in [-0.05, 0) is 69.0 Å². The molecule has 1 atom stereocenters. The maximum atomic E-state index is 13.0. The quantitative estimate of drug-likeness (QED) is 0.791. The Morgan fingerprint density at radius 1 is 0.933 bits per heavy atom. The number of anilines is 2. The molecule has 2 aromatic rings. The first-order chi connectivity index (χ1) is 14.4. The summed E-state index contributed by atoms with van der Waals surface area (Å²) in [4.78, 5) is 15.5. The summed E-state index contributed by atoms with van der Waals surface area (Å²) in [6.07, 6.45) is 3.82. The minimum absolute atomic E-state index is 0.118. The SMILES string of the molecule is Cc1ccc(S(=O)(=O)N2CCCC(C(=O)Nc3ccc(N4CCCC4)cc3)C2)cc1. The summed E-state index contributed by atoms with van der Waals surface area (Å²) in [5, 5.41) is 2.97. The van der Waals surface area contributed by atoms with E-state index in [1.807, 2.05) is 31.2 Å². The van der Waals surface area contributed by atoms with Crippen LogP contribution in [0.2, 0.25) is 0 Å². The van der Waals surface area contributed by atoms with Crippen LogP contribution in [0.25, 0.3) is 0 Å². The fourth-order valence-corrected chi connectivity index (χ4v) is 5.73. The molecule has 2 saturated heterocycles. The van der Waals surface area contributed by atoms with Crippen LogP contribution >= 0.6 is 0 Å². The van der Waals surface area contributed by atoms with Gasteiger partial charge in [-0.25, -0.2) is 8.42 Å². The highest BCUT2D eigenvalue weighted by Gasteiger charge is 2.33. The van der Waals surface area contributed by atoms with Crippen molar-refractivity contribution in [3.05, 3.63) is 54.1 Å². The maximum absolute atomic E-state index is 13.0. The van der Waals surface area contributed by atoms with E-state index in [4.69, 9.17) is 0 Å². The highest BCUT2D eigenvalue weighted by Crippen LogP contribution is 2.26. The number of rotatable bonds is 5. The number of nitrogens with zero attached hydrogens (tertiary/aromatic N) is 2. The zero-order valence-electron chi connectivity index (χ0n) is 17.4. The molecule has 2 aromatic carbocycles. The maximum Gasteiger partial charge on any atom is 0.243 e. The van der Waals surface area contributed by atoms with Crippen molar-refractivity contribution in [3.63, 3.8) is 0 Å². The summed E-state index contributed by atoms with van der Waals surface area (Å²) < 4.78 is 27.4. The molecular weight excluding hydrogens is 398 g/mol. The molecule has 0 radical (unpaired) electrons. The molecule has 160 valence electrons. The van der Waals surface area contributed by atoms with Crippen molar-refractivity contribution >= 4 is 27.3 Å². The molecule has 2 aliphatic heterocycles.